The summed E-state index contributed by atoms with van der Waals surface area (Å²) in [7, 11) is 0. The van der Waals surface area contributed by atoms with Gasteiger partial charge < -0.3 is 19.7 Å². The summed E-state index contributed by atoms with van der Waals surface area (Å²) in [6, 6.07) is 12.9. The number of nitrogens with zero attached hydrogens (tertiary/aromatic N) is 1. The first-order valence-corrected chi connectivity index (χ1v) is 8.66. The van der Waals surface area contributed by atoms with E-state index in [4.69, 9.17) is 9.47 Å². The average molecular weight is 386 g/mol. The van der Waals surface area contributed by atoms with Gasteiger partial charge in [0, 0.05) is 19.0 Å². The Hall–Kier alpha value is -3.42. The molecule has 0 saturated carbocycles. The lowest BCUT2D eigenvalue weighted by molar-refractivity contribution is -0.155. The van der Waals surface area contributed by atoms with Crippen LogP contribution in [-0.2, 0) is 25.7 Å². The van der Waals surface area contributed by atoms with E-state index in [1.807, 2.05) is 0 Å². The number of hydrogen-bond acceptors (Lipinski definition) is 5. The first-order valence-electron chi connectivity index (χ1n) is 8.66. The zero-order valence-electron chi connectivity index (χ0n) is 15.2. The summed E-state index contributed by atoms with van der Waals surface area (Å²) in [5.41, 5.74) is 0.896. The van der Waals surface area contributed by atoms with E-state index >= 15 is 0 Å². The van der Waals surface area contributed by atoms with Crippen LogP contribution in [0.15, 0.2) is 48.5 Å². The molecule has 0 aromatic heterocycles. The SMILES string of the molecule is CC(=O)N1C[C@H](C(=O)OCC(=O)NCc2ccccc2F)Oc2ccccc21. The van der Waals surface area contributed by atoms with Gasteiger partial charge in [0.1, 0.15) is 11.6 Å². The van der Waals surface area contributed by atoms with Crippen molar-refractivity contribution in [2.45, 2.75) is 19.6 Å². The predicted octanol–water partition coefficient (Wildman–Crippen LogP) is 1.80. The lowest BCUT2D eigenvalue weighted by Crippen LogP contribution is -2.47. The van der Waals surface area contributed by atoms with Gasteiger partial charge in [-0.3, -0.25) is 9.59 Å². The standard InChI is InChI=1S/C20H19FN2O5/c1-13(24)23-11-18(28-17-9-5-4-8-16(17)23)20(26)27-12-19(25)22-10-14-6-2-3-7-15(14)21/h2-9,18H,10-12H2,1H3,(H,22,25)/t18-/m1/s1. The third-order valence-corrected chi connectivity index (χ3v) is 4.20. The second-order valence-corrected chi connectivity index (χ2v) is 6.18. The average Bonchev–Trinajstić information content (AvgIpc) is 2.70. The van der Waals surface area contributed by atoms with Gasteiger partial charge in [-0.2, -0.15) is 0 Å². The number of nitrogens with one attached hydrogen (secondary N) is 1. The van der Waals surface area contributed by atoms with Crippen LogP contribution in [0.3, 0.4) is 0 Å². The summed E-state index contributed by atoms with van der Waals surface area (Å²) in [6.45, 7) is 0.825. The number of fused-ring (bicyclic) bond motifs is 1. The zero-order valence-corrected chi connectivity index (χ0v) is 15.2. The van der Waals surface area contributed by atoms with Crippen LogP contribution in [0.2, 0.25) is 0 Å². The monoisotopic (exact) mass is 386 g/mol. The topological polar surface area (TPSA) is 84.9 Å². The van der Waals surface area contributed by atoms with E-state index in [9.17, 15) is 18.8 Å². The molecule has 2 aromatic carbocycles. The molecule has 0 unspecified atom stereocenters. The molecule has 28 heavy (non-hydrogen) atoms. The number of esters is 1. The van der Waals surface area contributed by atoms with Crippen LogP contribution in [0.25, 0.3) is 0 Å². The lowest BCUT2D eigenvalue weighted by atomic mass is 10.2. The zero-order chi connectivity index (χ0) is 20.1. The molecule has 0 spiro atoms. The Morgan fingerprint density at radius 3 is 2.64 bits per heavy atom. The molecule has 1 aliphatic rings. The number of halogens is 1. The van der Waals surface area contributed by atoms with Gasteiger partial charge in [-0.15, -0.1) is 0 Å². The maximum absolute atomic E-state index is 13.5. The summed E-state index contributed by atoms with van der Waals surface area (Å²) in [4.78, 5) is 37.4. The molecule has 0 radical (unpaired) electrons. The summed E-state index contributed by atoms with van der Waals surface area (Å²) in [5, 5.41) is 2.48. The summed E-state index contributed by atoms with van der Waals surface area (Å²) in [5.74, 6) is -1.62. The van der Waals surface area contributed by atoms with E-state index in [0.717, 1.165) is 0 Å². The van der Waals surface area contributed by atoms with E-state index in [2.05, 4.69) is 5.32 Å². The highest BCUT2D eigenvalue weighted by Gasteiger charge is 2.33. The molecule has 7 nitrogen and oxygen atoms in total. The number of anilines is 1. The van der Waals surface area contributed by atoms with Gasteiger partial charge in [0.15, 0.2) is 6.61 Å². The second kappa shape index (κ2) is 8.51. The van der Waals surface area contributed by atoms with Crippen molar-refractivity contribution < 1.29 is 28.2 Å². The minimum absolute atomic E-state index is 0.0119. The molecule has 1 heterocycles. The van der Waals surface area contributed by atoms with Gasteiger partial charge >= 0.3 is 5.97 Å². The van der Waals surface area contributed by atoms with Crippen molar-refractivity contribution in [3.05, 3.63) is 59.9 Å². The number of rotatable bonds is 5. The Morgan fingerprint density at radius 2 is 1.89 bits per heavy atom. The molecule has 3 rings (SSSR count). The quantitative estimate of drug-likeness (QED) is 0.792. The van der Waals surface area contributed by atoms with E-state index in [-0.39, 0.29) is 19.0 Å². The van der Waals surface area contributed by atoms with Gasteiger partial charge in [0.2, 0.25) is 12.0 Å². The van der Waals surface area contributed by atoms with Gasteiger partial charge in [-0.05, 0) is 18.2 Å². The molecule has 0 aliphatic carbocycles. The highest BCUT2D eigenvalue weighted by molar-refractivity contribution is 5.95. The number of hydrogen-bond donors (Lipinski definition) is 1. The van der Waals surface area contributed by atoms with Crippen molar-refractivity contribution in [2.24, 2.45) is 0 Å². The maximum Gasteiger partial charge on any atom is 0.349 e. The highest BCUT2D eigenvalue weighted by Crippen LogP contribution is 2.33. The normalized spacial score (nSPS) is 15.2. The molecule has 0 bridgehead atoms. The van der Waals surface area contributed by atoms with Crippen molar-refractivity contribution in [3.8, 4) is 5.75 Å². The Balaban J connectivity index is 1.54. The number of para-hydroxylation sites is 2. The summed E-state index contributed by atoms with van der Waals surface area (Å²) < 4.78 is 24.1. The molecule has 2 aromatic rings. The molecule has 0 fully saturated rings. The maximum atomic E-state index is 13.5. The van der Waals surface area contributed by atoms with Crippen molar-refractivity contribution in [1.82, 2.24) is 5.32 Å². The fourth-order valence-corrected chi connectivity index (χ4v) is 2.77. The van der Waals surface area contributed by atoms with Gasteiger partial charge in [0.25, 0.3) is 5.91 Å². The van der Waals surface area contributed by atoms with Crippen LogP contribution in [-0.4, -0.2) is 37.0 Å². The number of carbonyl (C=O) groups excluding carboxylic acids is 3. The first-order chi connectivity index (χ1) is 13.5. The lowest BCUT2D eigenvalue weighted by Gasteiger charge is -2.33. The van der Waals surface area contributed by atoms with Gasteiger partial charge in [-0.1, -0.05) is 30.3 Å². The molecule has 1 aliphatic heterocycles. The number of amides is 2. The van der Waals surface area contributed by atoms with Gasteiger partial charge in [-0.25, -0.2) is 9.18 Å². The number of ether oxygens (including phenoxy) is 2. The van der Waals surface area contributed by atoms with Crippen LogP contribution < -0.4 is 15.0 Å². The van der Waals surface area contributed by atoms with E-state index in [1.54, 1.807) is 42.5 Å². The molecule has 1 atom stereocenters. The molecule has 8 heteroatoms. The fourth-order valence-electron chi connectivity index (χ4n) is 2.77. The van der Waals surface area contributed by atoms with Crippen molar-refractivity contribution >= 4 is 23.5 Å². The van der Waals surface area contributed by atoms with E-state index in [0.29, 0.717) is 17.0 Å². The molecule has 0 saturated heterocycles. The number of carbonyl (C=O) groups is 3. The Labute approximate surface area is 161 Å². The molecular formula is C20H19FN2O5. The smallest absolute Gasteiger partial charge is 0.349 e. The molecule has 1 N–H and O–H groups in total. The van der Waals surface area contributed by atoms with Crippen molar-refractivity contribution in [1.29, 1.82) is 0 Å². The van der Waals surface area contributed by atoms with Crippen LogP contribution in [0.4, 0.5) is 10.1 Å². The minimum atomic E-state index is -1.04. The van der Waals surface area contributed by atoms with Crippen LogP contribution in [0.5, 0.6) is 5.75 Å². The van der Waals surface area contributed by atoms with Crippen molar-refractivity contribution in [3.63, 3.8) is 0 Å². The molecule has 146 valence electrons. The fraction of sp³-hybridized carbons (Fsp3) is 0.250. The molecular weight excluding hydrogens is 367 g/mol. The Morgan fingerprint density at radius 1 is 1.18 bits per heavy atom. The highest BCUT2D eigenvalue weighted by atomic mass is 19.1. The Kier molecular flexibility index (Phi) is 5.88. The van der Waals surface area contributed by atoms with Crippen LogP contribution in [0, 0.1) is 5.82 Å². The van der Waals surface area contributed by atoms with Crippen molar-refractivity contribution in [2.75, 3.05) is 18.1 Å². The van der Waals surface area contributed by atoms with Gasteiger partial charge in [0.05, 0.1) is 12.2 Å². The van der Waals surface area contributed by atoms with E-state index < -0.39 is 30.4 Å². The second-order valence-electron chi connectivity index (χ2n) is 6.18. The first kappa shape index (κ1) is 19.3. The van der Waals surface area contributed by atoms with E-state index in [1.165, 1.54) is 17.9 Å². The van der Waals surface area contributed by atoms with Crippen LogP contribution >= 0.6 is 0 Å². The third kappa shape index (κ3) is 4.46. The minimum Gasteiger partial charge on any atom is -0.475 e. The summed E-state index contributed by atoms with van der Waals surface area (Å²) in [6.07, 6.45) is -1.04. The third-order valence-electron chi connectivity index (χ3n) is 4.20. The number of benzene rings is 2. The predicted molar refractivity (Wildman–Crippen MR) is 98.1 cm³/mol. The Bertz CT molecular complexity index is 902. The summed E-state index contributed by atoms with van der Waals surface area (Å²) >= 11 is 0. The van der Waals surface area contributed by atoms with Crippen LogP contribution in [0.1, 0.15) is 12.5 Å². The largest absolute Gasteiger partial charge is 0.475 e. The molecule has 2 amide bonds.